The normalized spacial score (nSPS) is 19.6. The number of nitrogens with one attached hydrogen (secondary N) is 1. The Morgan fingerprint density at radius 3 is 2.26 bits per heavy atom. The lowest BCUT2D eigenvalue weighted by Gasteiger charge is -2.34. The third kappa shape index (κ3) is 3.86. The number of piperidine rings is 1. The smallest absolute Gasteiger partial charge is 0.223 e. The molecule has 1 saturated carbocycles. The number of hydrogen-bond acceptors (Lipinski definition) is 4. The Balaban J connectivity index is 1.56. The summed E-state index contributed by atoms with van der Waals surface area (Å²) in [5.41, 5.74) is 1.05. The number of hydrogen-bond donors (Lipinski definition) is 1. The summed E-state index contributed by atoms with van der Waals surface area (Å²) in [6.45, 7) is 3.43. The van der Waals surface area contributed by atoms with Gasteiger partial charge >= 0.3 is 0 Å². The monoisotopic (exact) mass is 336 g/mol. The Hall–Kier alpha value is -1.56. The molecule has 0 unspecified atom stereocenters. The molecule has 1 amide bonds. The van der Waals surface area contributed by atoms with E-state index in [4.69, 9.17) is 0 Å². The van der Waals surface area contributed by atoms with Crippen molar-refractivity contribution in [2.75, 3.05) is 23.7 Å². The lowest BCUT2D eigenvalue weighted by atomic mass is 10.0. The van der Waals surface area contributed by atoms with E-state index in [2.05, 4.69) is 10.2 Å². The molecule has 23 heavy (non-hydrogen) atoms. The predicted octanol–water partition coefficient (Wildman–Crippen LogP) is 1.98. The topological polar surface area (TPSA) is 66.5 Å². The summed E-state index contributed by atoms with van der Waals surface area (Å²) < 4.78 is 23.7. The van der Waals surface area contributed by atoms with Crippen LogP contribution >= 0.6 is 0 Å². The highest BCUT2D eigenvalue weighted by Crippen LogP contribution is 2.29. The first-order chi connectivity index (χ1) is 11.0. The maximum Gasteiger partial charge on any atom is 0.223 e. The summed E-state index contributed by atoms with van der Waals surface area (Å²) in [5, 5.41) is 3.14. The molecule has 1 saturated heterocycles. The van der Waals surface area contributed by atoms with E-state index in [1.54, 1.807) is 19.1 Å². The van der Waals surface area contributed by atoms with Crippen molar-refractivity contribution in [2.24, 2.45) is 5.92 Å². The van der Waals surface area contributed by atoms with E-state index < -0.39 is 9.84 Å². The average Bonchev–Trinajstić information content (AvgIpc) is 3.41. The number of carbonyl (C=O) groups excluding carboxylic acids is 1. The van der Waals surface area contributed by atoms with Crippen LogP contribution < -0.4 is 10.2 Å². The maximum atomic E-state index is 11.8. The van der Waals surface area contributed by atoms with Crippen LogP contribution in [0, 0.1) is 5.92 Å². The summed E-state index contributed by atoms with van der Waals surface area (Å²) in [6, 6.07) is 7.42. The van der Waals surface area contributed by atoms with E-state index in [1.165, 1.54) is 0 Å². The fourth-order valence-electron chi connectivity index (χ4n) is 2.98. The van der Waals surface area contributed by atoms with Gasteiger partial charge in [-0.2, -0.15) is 0 Å². The first-order valence-electron chi connectivity index (χ1n) is 8.38. The summed E-state index contributed by atoms with van der Waals surface area (Å²) in [7, 11) is -3.14. The van der Waals surface area contributed by atoms with Gasteiger partial charge < -0.3 is 10.2 Å². The molecule has 1 aromatic carbocycles. The molecule has 1 N–H and O–H groups in total. The minimum Gasteiger partial charge on any atom is -0.371 e. The molecular formula is C17H24N2O3S. The van der Waals surface area contributed by atoms with Gasteiger partial charge in [-0.25, -0.2) is 8.42 Å². The van der Waals surface area contributed by atoms with Crippen molar-refractivity contribution in [3.05, 3.63) is 24.3 Å². The predicted molar refractivity (Wildman–Crippen MR) is 90.3 cm³/mol. The van der Waals surface area contributed by atoms with Crippen LogP contribution in [-0.4, -0.2) is 39.2 Å². The molecule has 3 rings (SSSR count). The molecule has 1 aromatic rings. The first-order valence-corrected chi connectivity index (χ1v) is 10.0. The van der Waals surface area contributed by atoms with Gasteiger partial charge in [0.15, 0.2) is 9.84 Å². The van der Waals surface area contributed by atoms with Crippen LogP contribution in [0.25, 0.3) is 0 Å². The van der Waals surface area contributed by atoms with Gasteiger partial charge in [0, 0.05) is 30.7 Å². The maximum absolute atomic E-state index is 11.8. The number of nitrogens with zero attached hydrogens (tertiary/aromatic N) is 1. The summed E-state index contributed by atoms with van der Waals surface area (Å²) in [4.78, 5) is 14.4. The lowest BCUT2D eigenvalue weighted by molar-refractivity contribution is -0.123. The van der Waals surface area contributed by atoms with Crippen LogP contribution in [-0.2, 0) is 14.6 Å². The molecule has 0 bridgehead atoms. The summed E-state index contributed by atoms with van der Waals surface area (Å²) >= 11 is 0. The van der Waals surface area contributed by atoms with Gasteiger partial charge in [0.05, 0.1) is 10.6 Å². The van der Waals surface area contributed by atoms with Gasteiger partial charge in [-0.05, 0) is 49.9 Å². The number of amides is 1. The van der Waals surface area contributed by atoms with Crippen molar-refractivity contribution in [3.63, 3.8) is 0 Å². The zero-order chi connectivity index (χ0) is 16.4. The molecule has 1 heterocycles. The second kappa shape index (κ2) is 6.51. The van der Waals surface area contributed by atoms with E-state index in [1.807, 2.05) is 12.1 Å². The van der Waals surface area contributed by atoms with Crippen LogP contribution in [0.2, 0.25) is 0 Å². The molecule has 0 radical (unpaired) electrons. The van der Waals surface area contributed by atoms with Gasteiger partial charge in [0.25, 0.3) is 0 Å². The van der Waals surface area contributed by atoms with E-state index in [0.717, 1.165) is 44.5 Å². The van der Waals surface area contributed by atoms with Gasteiger partial charge in [0.1, 0.15) is 0 Å². The van der Waals surface area contributed by atoms with Crippen molar-refractivity contribution >= 4 is 21.4 Å². The van der Waals surface area contributed by atoms with E-state index >= 15 is 0 Å². The molecule has 0 atom stereocenters. The van der Waals surface area contributed by atoms with Crippen molar-refractivity contribution < 1.29 is 13.2 Å². The molecule has 0 spiro atoms. The average molecular weight is 336 g/mol. The Labute approximate surface area is 138 Å². The summed E-state index contributed by atoms with van der Waals surface area (Å²) in [6.07, 6.45) is 3.95. The summed E-state index contributed by atoms with van der Waals surface area (Å²) in [5.74, 6) is 0.608. The standard InChI is InChI=1S/C17H24N2O3S/c1-2-23(21,22)16-7-5-15(6-8-16)19-11-9-14(10-12-19)18-17(20)13-3-4-13/h5-8,13-14H,2-4,9-12H2,1H3,(H,18,20). The van der Waals surface area contributed by atoms with Crippen molar-refractivity contribution in [2.45, 2.75) is 43.5 Å². The van der Waals surface area contributed by atoms with Crippen LogP contribution in [0.1, 0.15) is 32.6 Å². The van der Waals surface area contributed by atoms with Gasteiger partial charge in [0.2, 0.25) is 5.91 Å². The van der Waals surface area contributed by atoms with Crippen molar-refractivity contribution in [1.82, 2.24) is 5.32 Å². The third-order valence-electron chi connectivity index (χ3n) is 4.73. The molecule has 0 aromatic heterocycles. The Morgan fingerprint density at radius 1 is 1.13 bits per heavy atom. The van der Waals surface area contributed by atoms with Gasteiger partial charge in [-0.15, -0.1) is 0 Å². The SMILES string of the molecule is CCS(=O)(=O)c1ccc(N2CCC(NC(=O)C3CC3)CC2)cc1. The molecular weight excluding hydrogens is 312 g/mol. The first kappa shape index (κ1) is 16.3. The quantitative estimate of drug-likeness (QED) is 0.893. The minimum atomic E-state index is -3.14. The van der Waals surface area contributed by atoms with Crippen molar-refractivity contribution in [3.8, 4) is 0 Å². The highest BCUT2D eigenvalue weighted by atomic mass is 32.2. The molecule has 126 valence electrons. The molecule has 1 aliphatic heterocycles. The number of carbonyl (C=O) groups is 1. The second-order valence-corrected chi connectivity index (χ2v) is 8.72. The van der Waals surface area contributed by atoms with Crippen molar-refractivity contribution in [1.29, 1.82) is 0 Å². The third-order valence-corrected chi connectivity index (χ3v) is 6.48. The Morgan fingerprint density at radius 2 is 1.74 bits per heavy atom. The van der Waals surface area contributed by atoms with Gasteiger partial charge in [-0.3, -0.25) is 4.79 Å². The minimum absolute atomic E-state index is 0.123. The van der Waals surface area contributed by atoms with Crippen LogP contribution in [0.15, 0.2) is 29.2 Å². The fourth-order valence-corrected chi connectivity index (χ4v) is 3.86. The second-order valence-electron chi connectivity index (χ2n) is 6.44. The molecule has 5 nitrogen and oxygen atoms in total. The number of sulfone groups is 1. The number of benzene rings is 1. The Kier molecular flexibility index (Phi) is 4.62. The van der Waals surface area contributed by atoms with E-state index in [0.29, 0.717) is 4.90 Å². The lowest BCUT2D eigenvalue weighted by Crippen LogP contribution is -2.45. The molecule has 2 fully saturated rings. The Bertz CT molecular complexity index is 658. The van der Waals surface area contributed by atoms with Gasteiger partial charge in [-0.1, -0.05) is 6.92 Å². The van der Waals surface area contributed by atoms with Crippen LogP contribution in [0.4, 0.5) is 5.69 Å². The molecule has 1 aliphatic carbocycles. The van der Waals surface area contributed by atoms with E-state index in [-0.39, 0.29) is 23.6 Å². The highest BCUT2D eigenvalue weighted by Gasteiger charge is 2.31. The largest absolute Gasteiger partial charge is 0.371 e. The molecule has 6 heteroatoms. The zero-order valence-electron chi connectivity index (χ0n) is 13.5. The zero-order valence-corrected chi connectivity index (χ0v) is 14.3. The number of rotatable bonds is 5. The van der Waals surface area contributed by atoms with Crippen LogP contribution in [0.5, 0.6) is 0 Å². The highest BCUT2D eigenvalue weighted by molar-refractivity contribution is 7.91. The fraction of sp³-hybridized carbons (Fsp3) is 0.588. The van der Waals surface area contributed by atoms with E-state index in [9.17, 15) is 13.2 Å². The molecule has 2 aliphatic rings. The number of anilines is 1. The van der Waals surface area contributed by atoms with Crippen LogP contribution in [0.3, 0.4) is 0 Å².